The van der Waals surface area contributed by atoms with Crippen LogP contribution in [0, 0.1) is 5.92 Å². The molecule has 7 heteroatoms. The number of benzene rings is 2. The summed E-state index contributed by atoms with van der Waals surface area (Å²) in [6.45, 7) is 6.69. The van der Waals surface area contributed by atoms with Gasteiger partial charge in [0, 0.05) is 10.7 Å². The Kier molecular flexibility index (Phi) is 6.11. The van der Waals surface area contributed by atoms with Gasteiger partial charge in [-0.25, -0.2) is 0 Å². The molecule has 0 bridgehead atoms. The summed E-state index contributed by atoms with van der Waals surface area (Å²) < 4.78 is 13.5. The van der Waals surface area contributed by atoms with Crippen LogP contribution >= 0.6 is 11.8 Å². The van der Waals surface area contributed by atoms with Gasteiger partial charge in [0.1, 0.15) is 5.75 Å². The van der Waals surface area contributed by atoms with Crippen molar-refractivity contribution in [2.45, 2.75) is 55.7 Å². The third-order valence-corrected chi connectivity index (χ3v) is 7.03. The normalized spacial score (nSPS) is 22.1. The zero-order valence-electron chi connectivity index (χ0n) is 17.9. The van der Waals surface area contributed by atoms with Crippen LogP contribution in [0.1, 0.15) is 45.3 Å². The summed E-state index contributed by atoms with van der Waals surface area (Å²) in [5.74, 6) is 1.17. The second kappa shape index (κ2) is 8.78. The fourth-order valence-electron chi connectivity index (χ4n) is 4.08. The Morgan fingerprint density at radius 3 is 2.50 bits per heavy atom. The molecule has 2 aromatic carbocycles. The van der Waals surface area contributed by atoms with Crippen molar-refractivity contribution in [2.24, 2.45) is 5.92 Å². The molecule has 1 aliphatic heterocycles. The average Bonchev–Trinajstić information content (AvgIpc) is 3.21. The molecule has 1 unspecified atom stereocenters. The van der Waals surface area contributed by atoms with Gasteiger partial charge in [-0.15, -0.1) is 5.10 Å². The van der Waals surface area contributed by atoms with Crippen molar-refractivity contribution < 1.29 is 9.47 Å². The molecular formula is C23H28N4O2S. The summed E-state index contributed by atoms with van der Waals surface area (Å²) in [7, 11) is 1.69. The molecule has 0 radical (unpaired) electrons. The Morgan fingerprint density at radius 2 is 1.80 bits per heavy atom. The lowest BCUT2D eigenvalue weighted by Crippen LogP contribution is -2.39. The smallest absolute Gasteiger partial charge is 0.214 e. The zero-order chi connectivity index (χ0) is 21.1. The number of thioether (sulfide) groups is 1. The Bertz CT molecular complexity index is 959. The predicted molar refractivity (Wildman–Crippen MR) is 118 cm³/mol. The molecule has 1 aromatic heterocycles. The summed E-state index contributed by atoms with van der Waals surface area (Å²) in [5.41, 5.74) is 2.14. The third-order valence-electron chi connectivity index (χ3n) is 5.76. The van der Waals surface area contributed by atoms with E-state index in [-0.39, 0.29) is 17.0 Å². The number of hydrogen-bond acceptors (Lipinski definition) is 6. The minimum absolute atomic E-state index is 0.0169. The van der Waals surface area contributed by atoms with Crippen molar-refractivity contribution in [2.75, 3.05) is 7.11 Å². The molecule has 0 N–H and O–H groups in total. The maximum absolute atomic E-state index is 6.47. The van der Waals surface area contributed by atoms with Crippen molar-refractivity contribution in [1.29, 1.82) is 0 Å². The van der Waals surface area contributed by atoms with Gasteiger partial charge >= 0.3 is 0 Å². The van der Waals surface area contributed by atoms with Gasteiger partial charge in [0.2, 0.25) is 5.16 Å². The van der Waals surface area contributed by atoms with E-state index in [0.717, 1.165) is 29.4 Å². The number of methoxy groups -OCH3 is 1. The molecule has 0 amide bonds. The van der Waals surface area contributed by atoms with Crippen LogP contribution in [0.15, 0.2) is 59.8 Å². The number of hydrogen-bond donors (Lipinski definition) is 0. The van der Waals surface area contributed by atoms with Crippen LogP contribution in [-0.4, -0.2) is 38.2 Å². The maximum atomic E-state index is 6.47. The van der Waals surface area contributed by atoms with E-state index in [2.05, 4.69) is 48.4 Å². The SMILES string of the molecule is COc1ccc(C2O[C@H](C)CC[C@H]2C(C)(C)Sc2nnnn2-c2ccccc2)cc1. The highest BCUT2D eigenvalue weighted by atomic mass is 32.2. The lowest BCUT2D eigenvalue weighted by molar-refractivity contribution is -0.0846. The van der Waals surface area contributed by atoms with Crippen molar-refractivity contribution in [3.05, 3.63) is 60.2 Å². The van der Waals surface area contributed by atoms with Gasteiger partial charge in [-0.1, -0.05) is 42.1 Å². The summed E-state index contributed by atoms with van der Waals surface area (Å²) in [6, 6.07) is 18.2. The third kappa shape index (κ3) is 4.37. The van der Waals surface area contributed by atoms with Gasteiger partial charge in [-0.2, -0.15) is 4.68 Å². The van der Waals surface area contributed by atoms with Gasteiger partial charge in [-0.3, -0.25) is 0 Å². The van der Waals surface area contributed by atoms with Crippen LogP contribution in [0.2, 0.25) is 0 Å². The topological polar surface area (TPSA) is 62.1 Å². The largest absolute Gasteiger partial charge is 0.497 e. The fourth-order valence-corrected chi connectivity index (χ4v) is 5.25. The Hall–Kier alpha value is -2.38. The molecule has 0 saturated carbocycles. The first-order chi connectivity index (χ1) is 14.5. The first-order valence-electron chi connectivity index (χ1n) is 10.3. The highest BCUT2D eigenvalue weighted by Gasteiger charge is 2.42. The lowest BCUT2D eigenvalue weighted by Gasteiger charge is -2.43. The van der Waals surface area contributed by atoms with E-state index in [9.17, 15) is 0 Å². The van der Waals surface area contributed by atoms with E-state index in [0.29, 0.717) is 5.92 Å². The molecule has 0 spiro atoms. The van der Waals surface area contributed by atoms with E-state index in [4.69, 9.17) is 9.47 Å². The Morgan fingerprint density at radius 1 is 1.07 bits per heavy atom. The van der Waals surface area contributed by atoms with Crippen LogP contribution in [0.3, 0.4) is 0 Å². The molecule has 0 aliphatic carbocycles. The van der Waals surface area contributed by atoms with Crippen LogP contribution < -0.4 is 4.74 Å². The molecule has 6 nitrogen and oxygen atoms in total. The van der Waals surface area contributed by atoms with Gasteiger partial charge in [-0.05, 0) is 73.9 Å². The molecule has 4 rings (SSSR count). The van der Waals surface area contributed by atoms with E-state index in [1.54, 1.807) is 23.6 Å². The van der Waals surface area contributed by atoms with Gasteiger partial charge in [0.25, 0.3) is 0 Å². The summed E-state index contributed by atoms with van der Waals surface area (Å²) in [6.07, 6.45) is 2.39. The molecule has 30 heavy (non-hydrogen) atoms. The molecule has 2 heterocycles. The second-order valence-corrected chi connectivity index (χ2v) is 9.86. The second-order valence-electron chi connectivity index (χ2n) is 8.24. The van der Waals surface area contributed by atoms with E-state index >= 15 is 0 Å². The van der Waals surface area contributed by atoms with Crippen molar-refractivity contribution in [3.8, 4) is 11.4 Å². The molecule has 1 aliphatic rings. The number of nitrogens with zero attached hydrogens (tertiary/aromatic N) is 4. The zero-order valence-corrected chi connectivity index (χ0v) is 18.7. The standard InChI is InChI=1S/C23H28N4O2S/c1-16-10-15-20(21(29-16)17-11-13-19(28-4)14-12-17)23(2,3)30-22-24-25-26-27(22)18-8-6-5-7-9-18/h5-9,11-14,16,20-21H,10,15H2,1-4H3/t16-,20-,21?/m1/s1. The first-order valence-corrected chi connectivity index (χ1v) is 11.1. The molecule has 3 aromatic rings. The number of aromatic nitrogens is 4. The predicted octanol–water partition coefficient (Wildman–Crippen LogP) is 5.10. The summed E-state index contributed by atoms with van der Waals surface area (Å²) >= 11 is 1.71. The van der Waals surface area contributed by atoms with Crippen molar-refractivity contribution >= 4 is 11.8 Å². The fraction of sp³-hybridized carbons (Fsp3) is 0.435. The Labute approximate surface area is 182 Å². The summed E-state index contributed by atoms with van der Waals surface area (Å²) in [5, 5.41) is 13.3. The lowest BCUT2D eigenvalue weighted by atomic mass is 9.80. The molecule has 1 fully saturated rings. The maximum Gasteiger partial charge on any atom is 0.214 e. The van der Waals surface area contributed by atoms with Gasteiger partial charge in [0.15, 0.2) is 0 Å². The molecule has 3 atom stereocenters. The number of ether oxygens (including phenoxy) is 2. The van der Waals surface area contributed by atoms with Crippen molar-refractivity contribution in [3.63, 3.8) is 0 Å². The molecule has 1 saturated heterocycles. The van der Waals surface area contributed by atoms with Crippen LogP contribution in [0.25, 0.3) is 5.69 Å². The monoisotopic (exact) mass is 424 g/mol. The van der Waals surface area contributed by atoms with Crippen LogP contribution in [-0.2, 0) is 4.74 Å². The van der Waals surface area contributed by atoms with E-state index < -0.39 is 0 Å². The Balaban J connectivity index is 1.61. The van der Waals surface area contributed by atoms with E-state index in [1.165, 1.54) is 5.56 Å². The molecular weight excluding hydrogens is 396 g/mol. The highest BCUT2D eigenvalue weighted by Crippen LogP contribution is 2.49. The quantitative estimate of drug-likeness (QED) is 0.513. The van der Waals surface area contributed by atoms with Crippen LogP contribution in [0.4, 0.5) is 0 Å². The summed E-state index contributed by atoms with van der Waals surface area (Å²) in [4.78, 5) is 0. The minimum atomic E-state index is -0.133. The minimum Gasteiger partial charge on any atom is -0.497 e. The molecule has 158 valence electrons. The van der Waals surface area contributed by atoms with Gasteiger partial charge in [0.05, 0.1) is 25.0 Å². The van der Waals surface area contributed by atoms with E-state index in [1.807, 2.05) is 42.5 Å². The number of tetrazole rings is 1. The van der Waals surface area contributed by atoms with Crippen LogP contribution in [0.5, 0.6) is 5.75 Å². The van der Waals surface area contributed by atoms with Crippen molar-refractivity contribution in [1.82, 2.24) is 20.2 Å². The number of rotatable bonds is 6. The number of para-hydroxylation sites is 1. The highest BCUT2D eigenvalue weighted by molar-refractivity contribution is 8.00. The average molecular weight is 425 g/mol. The van der Waals surface area contributed by atoms with Gasteiger partial charge < -0.3 is 9.47 Å². The first kappa shape index (κ1) is 20.9.